The van der Waals surface area contributed by atoms with Crippen molar-refractivity contribution in [2.75, 3.05) is 39.3 Å². The van der Waals surface area contributed by atoms with Crippen molar-refractivity contribution in [1.29, 1.82) is 0 Å². The summed E-state index contributed by atoms with van der Waals surface area (Å²) in [7, 11) is 0. The number of aromatic amines is 1. The number of imidazole rings is 1. The SMILES string of the molecule is C[C@H](NC(=O)CN)C(=O)N[C@@H](Cc1cnc[nH]1)C(=O)NCC(=O)N1CCC[C@H]1C(=O)N[C@@H](C)C(=O)NCC(=O)N1CCC[C@H]1C(=O)N[C@@H](CCCCN)C(=O)O. The number of aromatic nitrogens is 2. The maximum absolute atomic E-state index is 13.2. The molecule has 56 heavy (non-hydrogen) atoms. The number of carboxylic acids is 1. The predicted molar refractivity (Wildman–Crippen MR) is 196 cm³/mol. The highest BCUT2D eigenvalue weighted by molar-refractivity contribution is 5.96. The molecule has 0 unspecified atom stereocenters. The lowest BCUT2D eigenvalue weighted by Gasteiger charge is -2.27. The van der Waals surface area contributed by atoms with Gasteiger partial charge in [-0.05, 0) is 65.3 Å². The molecule has 0 bridgehead atoms. The Balaban J connectivity index is 1.50. The Hall–Kier alpha value is -5.64. The van der Waals surface area contributed by atoms with Gasteiger partial charge in [-0.15, -0.1) is 0 Å². The van der Waals surface area contributed by atoms with Gasteiger partial charge in [0.25, 0.3) is 0 Å². The van der Waals surface area contributed by atoms with Crippen LogP contribution in [0.15, 0.2) is 12.5 Å². The molecule has 2 fully saturated rings. The molecule has 2 aliphatic heterocycles. The van der Waals surface area contributed by atoms with Gasteiger partial charge in [0.15, 0.2) is 0 Å². The second-order valence-corrected chi connectivity index (χ2v) is 13.7. The number of rotatable bonds is 21. The number of carboxylic acid groups (broad SMARTS) is 1. The lowest BCUT2D eigenvalue weighted by molar-refractivity contribution is -0.144. The van der Waals surface area contributed by atoms with Crippen LogP contribution in [0.25, 0.3) is 0 Å². The molecule has 12 N–H and O–H groups in total. The van der Waals surface area contributed by atoms with Crippen molar-refractivity contribution in [3.05, 3.63) is 18.2 Å². The number of hydrogen-bond acceptors (Lipinski definition) is 12. The minimum Gasteiger partial charge on any atom is -0.480 e. The molecule has 22 heteroatoms. The average Bonchev–Trinajstić information content (AvgIpc) is 3.98. The van der Waals surface area contributed by atoms with E-state index >= 15 is 0 Å². The van der Waals surface area contributed by atoms with Gasteiger partial charge in [0.05, 0.1) is 26.0 Å². The van der Waals surface area contributed by atoms with E-state index < -0.39 is 103 Å². The van der Waals surface area contributed by atoms with Gasteiger partial charge >= 0.3 is 5.97 Å². The van der Waals surface area contributed by atoms with Crippen LogP contribution in [0.5, 0.6) is 0 Å². The van der Waals surface area contributed by atoms with E-state index in [4.69, 9.17) is 11.5 Å². The fraction of sp³-hybridized carbons (Fsp3) is 0.647. The topological polar surface area (TPSA) is 333 Å². The lowest BCUT2D eigenvalue weighted by Crippen LogP contribution is -2.56. The maximum atomic E-state index is 13.2. The Labute approximate surface area is 323 Å². The number of carbonyl (C=O) groups is 9. The van der Waals surface area contributed by atoms with E-state index in [0.717, 1.165) is 0 Å². The standard InChI is InChI=1S/C34H54N12O10/c1-19(29(50)38-16-27(48)46-12-6-9-25(46)33(54)43-22(34(55)56)7-3-4-10-35)42-32(53)24-8-5-11-45(24)28(49)17-39-31(52)23(13-21-15-37-18-40-21)44-30(51)20(2)41-26(47)14-36/h15,18-20,22-25H,3-14,16-17,35-36H2,1-2H3,(H,37,40)(H,38,50)(H,39,52)(H,41,47)(H,42,53)(H,43,54)(H,44,51)(H,55,56)/t19-,20-,22-,23-,24-,25-/m0/s1. The second-order valence-electron chi connectivity index (χ2n) is 13.7. The number of carbonyl (C=O) groups excluding carboxylic acids is 8. The van der Waals surface area contributed by atoms with Crippen molar-refractivity contribution >= 4 is 53.2 Å². The number of likely N-dealkylation sites (tertiary alicyclic amines) is 2. The van der Waals surface area contributed by atoms with Crippen molar-refractivity contribution in [3.8, 4) is 0 Å². The summed E-state index contributed by atoms with van der Waals surface area (Å²) >= 11 is 0. The van der Waals surface area contributed by atoms with E-state index in [1.54, 1.807) is 0 Å². The smallest absolute Gasteiger partial charge is 0.326 e. The van der Waals surface area contributed by atoms with Crippen LogP contribution in [0.4, 0.5) is 0 Å². The number of nitrogens with zero attached hydrogens (tertiary/aromatic N) is 3. The highest BCUT2D eigenvalue weighted by atomic mass is 16.4. The third kappa shape index (κ3) is 13.3. The molecule has 310 valence electrons. The van der Waals surface area contributed by atoms with Gasteiger partial charge in [-0.25, -0.2) is 9.78 Å². The van der Waals surface area contributed by atoms with E-state index in [0.29, 0.717) is 44.3 Å². The van der Waals surface area contributed by atoms with Crippen LogP contribution < -0.4 is 43.4 Å². The summed E-state index contributed by atoms with van der Waals surface area (Å²) in [6, 6.07) is -6.25. The summed E-state index contributed by atoms with van der Waals surface area (Å²) in [5.74, 6) is -6.18. The van der Waals surface area contributed by atoms with Gasteiger partial charge in [0, 0.05) is 31.4 Å². The number of nitrogens with one attached hydrogen (secondary N) is 7. The predicted octanol–water partition coefficient (Wildman–Crippen LogP) is -4.68. The highest BCUT2D eigenvalue weighted by Gasteiger charge is 2.38. The number of unbranched alkanes of at least 4 members (excludes halogenated alkanes) is 1. The number of H-pyrrole nitrogens is 1. The Kier molecular flexibility index (Phi) is 17.6. The monoisotopic (exact) mass is 790 g/mol. The lowest BCUT2D eigenvalue weighted by atomic mass is 10.1. The van der Waals surface area contributed by atoms with Gasteiger partial charge < -0.3 is 63.3 Å². The highest BCUT2D eigenvalue weighted by Crippen LogP contribution is 2.19. The molecule has 1 aromatic rings. The number of amides is 8. The van der Waals surface area contributed by atoms with Crippen LogP contribution in [-0.4, -0.2) is 154 Å². The van der Waals surface area contributed by atoms with Crippen LogP contribution >= 0.6 is 0 Å². The zero-order chi connectivity index (χ0) is 41.4. The zero-order valence-electron chi connectivity index (χ0n) is 31.6. The molecular formula is C34H54N12O10. The molecule has 1 aromatic heterocycles. The van der Waals surface area contributed by atoms with Crippen molar-refractivity contribution in [3.63, 3.8) is 0 Å². The molecule has 0 aromatic carbocycles. The Bertz CT molecular complexity index is 1570. The minimum absolute atomic E-state index is 0.0132. The third-order valence-electron chi connectivity index (χ3n) is 9.46. The minimum atomic E-state index is -1.19. The zero-order valence-corrected chi connectivity index (χ0v) is 31.6. The van der Waals surface area contributed by atoms with Gasteiger partial charge in [-0.3, -0.25) is 38.4 Å². The van der Waals surface area contributed by atoms with Gasteiger partial charge in [0.1, 0.15) is 36.3 Å². The molecule has 3 heterocycles. The molecule has 6 atom stereocenters. The van der Waals surface area contributed by atoms with Crippen molar-refractivity contribution in [2.24, 2.45) is 11.5 Å². The second kappa shape index (κ2) is 22.0. The molecule has 0 radical (unpaired) electrons. The summed E-state index contributed by atoms with van der Waals surface area (Å²) in [6.45, 7) is 2.34. The maximum Gasteiger partial charge on any atom is 0.326 e. The van der Waals surface area contributed by atoms with Crippen LogP contribution in [0.2, 0.25) is 0 Å². The summed E-state index contributed by atoms with van der Waals surface area (Å²) in [6.07, 6.45) is 5.73. The first kappa shape index (κ1) is 44.8. The molecule has 0 spiro atoms. The van der Waals surface area contributed by atoms with Gasteiger partial charge in [0.2, 0.25) is 47.3 Å². The normalized spacial score (nSPS) is 18.5. The molecule has 0 saturated carbocycles. The Morgan fingerprint density at radius 2 is 1.36 bits per heavy atom. The van der Waals surface area contributed by atoms with Crippen LogP contribution in [-0.2, 0) is 49.6 Å². The molecule has 8 amide bonds. The molecular weight excluding hydrogens is 736 g/mol. The van der Waals surface area contributed by atoms with Crippen molar-refractivity contribution in [2.45, 2.75) is 101 Å². The van der Waals surface area contributed by atoms with E-state index in [1.165, 1.54) is 36.2 Å². The third-order valence-corrected chi connectivity index (χ3v) is 9.46. The summed E-state index contributed by atoms with van der Waals surface area (Å²) in [5.41, 5.74) is 11.3. The quantitative estimate of drug-likeness (QED) is 0.0525. The summed E-state index contributed by atoms with van der Waals surface area (Å²) < 4.78 is 0. The Morgan fingerprint density at radius 1 is 0.786 bits per heavy atom. The molecule has 3 rings (SSSR count). The van der Waals surface area contributed by atoms with Crippen LogP contribution in [0, 0.1) is 0 Å². The van der Waals surface area contributed by atoms with Gasteiger partial charge in [-0.1, -0.05) is 0 Å². The first-order chi connectivity index (χ1) is 26.7. The van der Waals surface area contributed by atoms with E-state index in [2.05, 4.69) is 41.9 Å². The van der Waals surface area contributed by atoms with E-state index in [-0.39, 0.29) is 38.9 Å². The molecule has 2 aliphatic rings. The fourth-order valence-electron chi connectivity index (χ4n) is 6.36. The number of hydrogen-bond donors (Lipinski definition) is 10. The van der Waals surface area contributed by atoms with Crippen LogP contribution in [0.1, 0.15) is 64.5 Å². The van der Waals surface area contributed by atoms with Crippen molar-refractivity contribution < 1.29 is 48.3 Å². The first-order valence-electron chi connectivity index (χ1n) is 18.6. The fourth-order valence-corrected chi connectivity index (χ4v) is 6.36. The molecule has 2 saturated heterocycles. The average molecular weight is 791 g/mol. The number of nitrogens with two attached hydrogens (primary N) is 2. The van der Waals surface area contributed by atoms with Crippen molar-refractivity contribution in [1.82, 2.24) is 51.7 Å². The van der Waals surface area contributed by atoms with Crippen LogP contribution in [0.3, 0.4) is 0 Å². The Morgan fingerprint density at radius 3 is 1.89 bits per heavy atom. The van der Waals surface area contributed by atoms with Gasteiger partial charge in [-0.2, -0.15) is 0 Å². The summed E-state index contributed by atoms with van der Waals surface area (Å²) in [4.78, 5) is 124. The number of aliphatic carboxylic acids is 1. The largest absolute Gasteiger partial charge is 0.480 e. The molecule has 0 aliphatic carbocycles. The molecule has 22 nitrogen and oxygen atoms in total. The van der Waals surface area contributed by atoms with E-state index in [1.807, 2.05) is 0 Å². The first-order valence-corrected chi connectivity index (χ1v) is 18.6. The summed E-state index contributed by atoms with van der Waals surface area (Å²) in [5, 5.41) is 24.5. The van der Waals surface area contributed by atoms with E-state index in [9.17, 15) is 48.3 Å².